The lowest BCUT2D eigenvalue weighted by Crippen LogP contribution is -2.42. The molecule has 2 atom stereocenters. The van der Waals surface area contributed by atoms with Gasteiger partial charge in [-0.15, -0.1) is 11.3 Å². The number of likely N-dealkylation sites (tertiary alicyclic amines) is 1. The molecular formula is C23H32N2O2S. The standard InChI is InChI=1S/C23H32N2O2S/c1-14-4-5-19-20(23(14)26)10-21(27-22(19)11-24)17-6-8-25(9-7-17)12-18-13-28-16(3)15(18)2/h4-5,13,17,21-22,26H,6-12,24H2,1-3H3. The van der Waals surface area contributed by atoms with E-state index in [0.717, 1.165) is 55.6 Å². The molecular weight excluding hydrogens is 368 g/mol. The zero-order chi connectivity index (χ0) is 19.8. The highest BCUT2D eigenvalue weighted by molar-refractivity contribution is 7.10. The molecule has 0 spiro atoms. The van der Waals surface area contributed by atoms with Gasteiger partial charge in [0.2, 0.25) is 0 Å². The molecule has 28 heavy (non-hydrogen) atoms. The number of piperidine rings is 1. The number of hydrogen-bond acceptors (Lipinski definition) is 5. The van der Waals surface area contributed by atoms with Gasteiger partial charge in [0.05, 0.1) is 12.2 Å². The second-order valence-corrected chi connectivity index (χ2v) is 9.54. The number of nitrogens with zero attached hydrogens (tertiary/aromatic N) is 1. The first kappa shape index (κ1) is 19.9. The summed E-state index contributed by atoms with van der Waals surface area (Å²) in [5.41, 5.74) is 12.0. The fourth-order valence-electron chi connectivity index (χ4n) is 4.72. The summed E-state index contributed by atoms with van der Waals surface area (Å²) in [4.78, 5) is 4.01. The van der Waals surface area contributed by atoms with E-state index in [1.165, 1.54) is 16.0 Å². The van der Waals surface area contributed by atoms with Gasteiger partial charge in [-0.2, -0.15) is 0 Å². The second-order valence-electron chi connectivity index (χ2n) is 8.46. The molecule has 0 bridgehead atoms. The summed E-state index contributed by atoms with van der Waals surface area (Å²) in [5.74, 6) is 0.966. The first-order chi connectivity index (χ1) is 13.5. The van der Waals surface area contributed by atoms with Crippen molar-refractivity contribution in [3.63, 3.8) is 0 Å². The topological polar surface area (TPSA) is 58.7 Å². The number of aryl methyl sites for hydroxylation is 2. The minimum Gasteiger partial charge on any atom is -0.507 e. The van der Waals surface area contributed by atoms with E-state index in [9.17, 15) is 5.11 Å². The van der Waals surface area contributed by atoms with Crippen molar-refractivity contribution in [2.75, 3.05) is 19.6 Å². The lowest BCUT2D eigenvalue weighted by molar-refractivity contribution is -0.0651. The normalized spacial score (nSPS) is 23.7. The Balaban J connectivity index is 1.42. The van der Waals surface area contributed by atoms with Crippen LogP contribution in [0.4, 0.5) is 0 Å². The van der Waals surface area contributed by atoms with Gasteiger partial charge in [0.15, 0.2) is 0 Å². The molecule has 0 saturated carbocycles. The van der Waals surface area contributed by atoms with E-state index < -0.39 is 0 Å². The number of benzene rings is 1. The van der Waals surface area contributed by atoms with Crippen molar-refractivity contribution < 1.29 is 9.84 Å². The van der Waals surface area contributed by atoms with Crippen molar-refractivity contribution in [3.8, 4) is 5.75 Å². The van der Waals surface area contributed by atoms with E-state index in [1.54, 1.807) is 0 Å². The van der Waals surface area contributed by atoms with E-state index in [4.69, 9.17) is 10.5 Å². The Morgan fingerprint density at radius 1 is 1.21 bits per heavy atom. The largest absolute Gasteiger partial charge is 0.507 e. The number of hydrogen-bond donors (Lipinski definition) is 2. The number of rotatable bonds is 4. The average molecular weight is 401 g/mol. The molecule has 5 heteroatoms. The van der Waals surface area contributed by atoms with Crippen LogP contribution in [0.3, 0.4) is 0 Å². The number of ether oxygens (including phenoxy) is 1. The van der Waals surface area contributed by atoms with Gasteiger partial charge in [0, 0.05) is 30.0 Å². The number of aromatic hydroxyl groups is 1. The van der Waals surface area contributed by atoms with Gasteiger partial charge in [0.25, 0.3) is 0 Å². The molecule has 1 fully saturated rings. The van der Waals surface area contributed by atoms with Crippen molar-refractivity contribution in [2.24, 2.45) is 11.7 Å². The van der Waals surface area contributed by atoms with Crippen LogP contribution in [0.25, 0.3) is 0 Å². The molecule has 152 valence electrons. The zero-order valence-electron chi connectivity index (χ0n) is 17.2. The van der Waals surface area contributed by atoms with Gasteiger partial charge in [-0.05, 0) is 80.3 Å². The third-order valence-electron chi connectivity index (χ3n) is 6.77. The van der Waals surface area contributed by atoms with Crippen molar-refractivity contribution in [1.29, 1.82) is 0 Å². The van der Waals surface area contributed by atoms with E-state index in [2.05, 4.69) is 30.2 Å². The molecule has 1 aromatic carbocycles. The summed E-state index contributed by atoms with van der Waals surface area (Å²) >= 11 is 1.86. The van der Waals surface area contributed by atoms with E-state index in [1.807, 2.05) is 24.3 Å². The average Bonchev–Trinajstić information content (AvgIpc) is 3.03. The minimum absolute atomic E-state index is 0.102. The minimum atomic E-state index is -0.102. The lowest BCUT2D eigenvalue weighted by Gasteiger charge is -2.40. The Hall–Kier alpha value is -1.40. The fraction of sp³-hybridized carbons (Fsp3) is 0.565. The number of thiophene rings is 1. The molecule has 3 heterocycles. The summed E-state index contributed by atoms with van der Waals surface area (Å²) in [7, 11) is 0. The molecule has 2 aliphatic rings. The molecule has 2 aliphatic heterocycles. The van der Waals surface area contributed by atoms with Gasteiger partial charge >= 0.3 is 0 Å². The van der Waals surface area contributed by atoms with Crippen molar-refractivity contribution in [3.05, 3.63) is 50.2 Å². The Morgan fingerprint density at radius 3 is 2.61 bits per heavy atom. The van der Waals surface area contributed by atoms with Crippen LogP contribution in [0.2, 0.25) is 0 Å². The molecule has 0 aliphatic carbocycles. The van der Waals surface area contributed by atoms with Gasteiger partial charge in [-0.3, -0.25) is 4.90 Å². The highest BCUT2D eigenvalue weighted by Crippen LogP contribution is 2.40. The van der Waals surface area contributed by atoms with Crippen LogP contribution >= 0.6 is 11.3 Å². The molecule has 0 amide bonds. The van der Waals surface area contributed by atoms with Crippen molar-refractivity contribution >= 4 is 11.3 Å². The Kier molecular flexibility index (Phi) is 5.79. The van der Waals surface area contributed by atoms with Gasteiger partial charge in [-0.1, -0.05) is 12.1 Å². The van der Waals surface area contributed by atoms with Crippen LogP contribution in [0.1, 0.15) is 51.6 Å². The second kappa shape index (κ2) is 8.15. The van der Waals surface area contributed by atoms with Gasteiger partial charge in [0.1, 0.15) is 5.75 Å². The van der Waals surface area contributed by atoms with Crippen LogP contribution in [-0.4, -0.2) is 35.7 Å². The van der Waals surface area contributed by atoms with E-state index in [-0.39, 0.29) is 12.2 Å². The summed E-state index contributed by atoms with van der Waals surface area (Å²) in [6, 6.07) is 4.04. The fourth-order valence-corrected chi connectivity index (χ4v) is 5.60. The first-order valence-electron chi connectivity index (χ1n) is 10.4. The van der Waals surface area contributed by atoms with Crippen LogP contribution < -0.4 is 5.73 Å². The molecule has 1 aromatic heterocycles. The molecule has 1 saturated heterocycles. The van der Waals surface area contributed by atoms with Gasteiger partial charge < -0.3 is 15.6 Å². The van der Waals surface area contributed by atoms with E-state index >= 15 is 0 Å². The first-order valence-corrected chi connectivity index (χ1v) is 11.3. The smallest absolute Gasteiger partial charge is 0.122 e. The number of nitrogens with two attached hydrogens (primary N) is 1. The molecule has 0 radical (unpaired) electrons. The van der Waals surface area contributed by atoms with Crippen molar-refractivity contribution in [2.45, 2.75) is 58.8 Å². The SMILES string of the molecule is Cc1ccc2c(c1O)CC(C1CCN(Cc3csc(C)c3C)CC1)OC2CN. The number of fused-ring (bicyclic) bond motifs is 1. The Labute approximate surface area is 172 Å². The maximum absolute atomic E-state index is 10.6. The maximum Gasteiger partial charge on any atom is 0.122 e. The predicted molar refractivity (Wildman–Crippen MR) is 115 cm³/mol. The maximum atomic E-state index is 10.6. The predicted octanol–water partition coefficient (Wildman–Crippen LogP) is 4.23. The van der Waals surface area contributed by atoms with Crippen LogP contribution in [0.5, 0.6) is 5.75 Å². The summed E-state index contributed by atoms with van der Waals surface area (Å²) in [6.07, 6.45) is 3.14. The highest BCUT2D eigenvalue weighted by Gasteiger charge is 2.35. The molecule has 4 nitrogen and oxygen atoms in total. The summed E-state index contributed by atoms with van der Waals surface area (Å²) in [6.45, 7) is 10.1. The van der Waals surface area contributed by atoms with E-state index in [0.29, 0.717) is 18.2 Å². The molecule has 4 rings (SSSR count). The number of phenolic OH excluding ortho intramolecular Hbond substituents is 1. The summed E-state index contributed by atoms with van der Waals surface area (Å²) in [5, 5.41) is 12.9. The van der Waals surface area contributed by atoms with Crippen LogP contribution in [0.15, 0.2) is 17.5 Å². The Morgan fingerprint density at radius 2 is 1.96 bits per heavy atom. The van der Waals surface area contributed by atoms with Crippen molar-refractivity contribution in [1.82, 2.24) is 4.90 Å². The Bertz CT molecular complexity index is 839. The van der Waals surface area contributed by atoms with Crippen LogP contribution in [0, 0.1) is 26.7 Å². The van der Waals surface area contributed by atoms with Gasteiger partial charge in [-0.25, -0.2) is 0 Å². The third-order valence-corrected chi connectivity index (χ3v) is 7.83. The summed E-state index contributed by atoms with van der Waals surface area (Å²) < 4.78 is 6.42. The quantitative estimate of drug-likeness (QED) is 0.806. The third kappa shape index (κ3) is 3.73. The molecule has 3 N–H and O–H groups in total. The highest BCUT2D eigenvalue weighted by atomic mass is 32.1. The lowest BCUT2D eigenvalue weighted by atomic mass is 9.83. The number of phenols is 1. The molecule has 2 aromatic rings. The monoisotopic (exact) mass is 400 g/mol. The molecule has 2 unspecified atom stereocenters. The zero-order valence-corrected chi connectivity index (χ0v) is 18.0. The van der Waals surface area contributed by atoms with Crippen LogP contribution in [-0.2, 0) is 17.7 Å².